The molecule has 3 rings (SSSR count). The van der Waals surface area contributed by atoms with Crippen molar-refractivity contribution in [3.05, 3.63) is 58.8 Å². The number of amides is 1. The number of halogens is 3. The number of aliphatic hydroxyl groups excluding tert-OH is 1. The maximum atomic E-state index is 13.2. The monoisotopic (exact) mass is 379 g/mol. The number of nitrogens with zero attached hydrogens (tertiary/aromatic N) is 3. The van der Waals surface area contributed by atoms with Gasteiger partial charge in [0.25, 0.3) is 5.91 Å². The minimum atomic E-state index is -4.48. The zero-order chi connectivity index (χ0) is 19.6. The molecule has 5 nitrogen and oxygen atoms in total. The van der Waals surface area contributed by atoms with Gasteiger partial charge in [0, 0.05) is 37.9 Å². The molecule has 144 valence electrons. The van der Waals surface area contributed by atoms with Gasteiger partial charge in [0.2, 0.25) is 0 Å². The predicted octanol–water partition coefficient (Wildman–Crippen LogP) is 2.86. The maximum absolute atomic E-state index is 13.2. The minimum absolute atomic E-state index is 0.108. The second-order valence-corrected chi connectivity index (χ2v) is 6.47. The van der Waals surface area contributed by atoms with E-state index in [-0.39, 0.29) is 44.5 Å². The molecule has 1 amide bonds. The Morgan fingerprint density at radius 1 is 1.19 bits per heavy atom. The molecule has 2 heterocycles. The Morgan fingerprint density at radius 2 is 1.89 bits per heavy atom. The molecular weight excluding hydrogens is 359 g/mol. The molecular formula is C19H20F3N3O2. The lowest BCUT2D eigenvalue weighted by Crippen LogP contribution is -2.49. The van der Waals surface area contributed by atoms with Crippen LogP contribution in [0.1, 0.15) is 27.0 Å². The molecule has 8 heteroatoms. The van der Waals surface area contributed by atoms with Gasteiger partial charge in [-0.25, -0.2) is 4.98 Å². The van der Waals surface area contributed by atoms with Crippen LogP contribution in [0, 0.1) is 6.92 Å². The fraction of sp³-hybridized carbons (Fsp3) is 0.368. The fourth-order valence-corrected chi connectivity index (χ4v) is 3.19. The van der Waals surface area contributed by atoms with Gasteiger partial charge in [0.05, 0.1) is 12.2 Å². The highest BCUT2D eigenvalue weighted by molar-refractivity contribution is 5.96. The molecule has 1 aliphatic heterocycles. The summed E-state index contributed by atoms with van der Waals surface area (Å²) in [6, 6.07) is 7.53. The number of aliphatic hydroxyl groups is 1. The number of alkyl halides is 3. The zero-order valence-corrected chi connectivity index (χ0v) is 14.8. The van der Waals surface area contributed by atoms with Gasteiger partial charge in [-0.2, -0.15) is 13.2 Å². The van der Waals surface area contributed by atoms with Crippen LogP contribution in [0.3, 0.4) is 0 Å². The first kappa shape index (κ1) is 19.2. The highest BCUT2D eigenvalue weighted by atomic mass is 19.4. The summed E-state index contributed by atoms with van der Waals surface area (Å²) < 4.78 is 39.6. The molecule has 0 radical (unpaired) electrons. The van der Waals surface area contributed by atoms with Crippen molar-refractivity contribution in [1.29, 1.82) is 0 Å². The number of carbonyl (C=O) groups is 1. The molecule has 0 aliphatic carbocycles. The van der Waals surface area contributed by atoms with Crippen molar-refractivity contribution in [2.75, 3.05) is 31.1 Å². The summed E-state index contributed by atoms with van der Waals surface area (Å²) in [5.74, 6) is -0.330. The van der Waals surface area contributed by atoms with Gasteiger partial charge in [0.15, 0.2) is 0 Å². The number of benzene rings is 1. The Hall–Kier alpha value is -2.61. The molecule has 1 N–H and O–H groups in total. The number of rotatable bonds is 3. The van der Waals surface area contributed by atoms with E-state index in [1.165, 1.54) is 12.3 Å². The number of carbonyl (C=O) groups excluding carboxylic acids is 1. The summed E-state index contributed by atoms with van der Waals surface area (Å²) in [6.45, 7) is 2.69. The van der Waals surface area contributed by atoms with E-state index in [9.17, 15) is 23.1 Å². The number of hydrogen-bond donors (Lipinski definition) is 1. The van der Waals surface area contributed by atoms with Crippen molar-refractivity contribution in [2.45, 2.75) is 19.7 Å². The summed E-state index contributed by atoms with van der Waals surface area (Å²) in [4.78, 5) is 19.9. The van der Waals surface area contributed by atoms with Crippen LogP contribution >= 0.6 is 0 Å². The minimum Gasteiger partial charge on any atom is -0.392 e. The number of piperazine rings is 1. The Bertz CT molecular complexity index is 831. The van der Waals surface area contributed by atoms with Gasteiger partial charge in [-0.1, -0.05) is 17.7 Å². The Morgan fingerprint density at radius 3 is 2.52 bits per heavy atom. The molecule has 27 heavy (non-hydrogen) atoms. The fourth-order valence-electron chi connectivity index (χ4n) is 3.19. The van der Waals surface area contributed by atoms with Crippen molar-refractivity contribution >= 4 is 11.7 Å². The molecule has 1 saturated heterocycles. The largest absolute Gasteiger partial charge is 0.419 e. The van der Waals surface area contributed by atoms with Crippen LogP contribution in [-0.4, -0.2) is 47.1 Å². The van der Waals surface area contributed by atoms with E-state index in [0.29, 0.717) is 11.1 Å². The van der Waals surface area contributed by atoms with Crippen molar-refractivity contribution in [3.8, 4) is 0 Å². The third-order valence-electron chi connectivity index (χ3n) is 4.62. The number of aromatic nitrogens is 1. The highest BCUT2D eigenvalue weighted by Gasteiger charge is 2.36. The smallest absolute Gasteiger partial charge is 0.392 e. The van der Waals surface area contributed by atoms with Crippen molar-refractivity contribution < 1.29 is 23.1 Å². The van der Waals surface area contributed by atoms with Crippen LogP contribution in [0.4, 0.5) is 19.0 Å². The first-order chi connectivity index (χ1) is 12.8. The van der Waals surface area contributed by atoms with Crippen LogP contribution < -0.4 is 4.90 Å². The third-order valence-corrected chi connectivity index (χ3v) is 4.62. The maximum Gasteiger partial charge on any atom is 0.419 e. The topological polar surface area (TPSA) is 56.7 Å². The van der Waals surface area contributed by atoms with Crippen LogP contribution in [0.15, 0.2) is 36.5 Å². The summed E-state index contributed by atoms with van der Waals surface area (Å²) in [7, 11) is 0. The predicted molar refractivity (Wildman–Crippen MR) is 94.5 cm³/mol. The Labute approximate surface area is 155 Å². The van der Waals surface area contributed by atoms with E-state index >= 15 is 0 Å². The average Bonchev–Trinajstić information content (AvgIpc) is 2.67. The van der Waals surface area contributed by atoms with Crippen molar-refractivity contribution in [1.82, 2.24) is 9.88 Å². The van der Waals surface area contributed by atoms with Crippen molar-refractivity contribution in [2.24, 2.45) is 0 Å². The molecule has 0 unspecified atom stereocenters. The van der Waals surface area contributed by atoms with Gasteiger partial charge in [-0.3, -0.25) is 4.79 Å². The lowest BCUT2D eigenvalue weighted by Gasteiger charge is -2.36. The summed E-state index contributed by atoms with van der Waals surface area (Å²) in [6.07, 6.45) is -3.14. The lowest BCUT2D eigenvalue weighted by molar-refractivity contribution is -0.137. The number of anilines is 1. The quantitative estimate of drug-likeness (QED) is 0.891. The van der Waals surface area contributed by atoms with E-state index in [4.69, 9.17) is 0 Å². The normalized spacial score (nSPS) is 15.1. The molecule has 0 saturated carbocycles. The molecule has 1 fully saturated rings. The molecule has 0 atom stereocenters. The van der Waals surface area contributed by atoms with Gasteiger partial charge >= 0.3 is 6.18 Å². The van der Waals surface area contributed by atoms with Crippen LogP contribution in [0.5, 0.6) is 0 Å². The SMILES string of the molecule is Cc1ccc(CO)c(C(=O)N2CCN(c3ncccc3C(F)(F)F)CC2)c1. The number of pyridine rings is 1. The van der Waals surface area contributed by atoms with Gasteiger partial charge < -0.3 is 14.9 Å². The van der Waals surface area contributed by atoms with Gasteiger partial charge in [0.1, 0.15) is 5.82 Å². The summed E-state index contributed by atoms with van der Waals surface area (Å²) in [5, 5.41) is 9.46. The molecule has 1 aromatic carbocycles. The van der Waals surface area contributed by atoms with Crippen LogP contribution in [-0.2, 0) is 12.8 Å². The highest BCUT2D eigenvalue weighted by Crippen LogP contribution is 2.35. The molecule has 0 bridgehead atoms. The van der Waals surface area contributed by atoms with Crippen molar-refractivity contribution in [3.63, 3.8) is 0 Å². The van der Waals surface area contributed by atoms with E-state index in [0.717, 1.165) is 11.6 Å². The first-order valence-corrected chi connectivity index (χ1v) is 8.58. The van der Waals surface area contributed by atoms with E-state index in [1.54, 1.807) is 21.9 Å². The summed E-state index contributed by atoms with van der Waals surface area (Å²) >= 11 is 0. The standard InChI is InChI=1S/C19H20F3N3O2/c1-13-4-5-14(12-26)15(11-13)18(27)25-9-7-24(8-10-25)17-16(19(20,21)22)3-2-6-23-17/h2-6,11,26H,7-10,12H2,1H3. The Balaban J connectivity index is 1.75. The Kier molecular flexibility index (Phi) is 5.36. The van der Waals surface area contributed by atoms with E-state index < -0.39 is 11.7 Å². The second kappa shape index (κ2) is 7.56. The molecule has 1 aliphatic rings. The lowest BCUT2D eigenvalue weighted by atomic mass is 10.0. The molecule has 2 aromatic rings. The average molecular weight is 379 g/mol. The first-order valence-electron chi connectivity index (χ1n) is 8.58. The van der Waals surface area contributed by atoms with Gasteiger partial charge in [-0.05, 0) is 30.7 Å². The number of aryl methyl sites for hydroxylation is 1. The van der Waals surface area contributed by atoms with E-state index in [2.05, 4.69) is 4.98 Å². The third kappa shape index (κ3) is 4.05. The zero-order valence-electron chi connectivity index (χ0n) is 14.8. The number of hydrogen-bond acceptors (Lipinski definition) is 4. The van der Waals surface area contributed by atoms with E-state index in [1.807, 2.05) is 13.0 Å². The molecule has 0 spiro atoms. The van der Waals surface area contributed by atoms with Crippen LogP contribution in [0.25, 0.3) is 0 Å². The van der Waals surface area contributed by atoms with Gasteiger partial charge in [-0.15, -0.1) is 0 Å². The second-order valence-electron chi connectivity index (χ2n) is 6.47. The van der Waals surface area contributed by atoms with Crippen LogP contribution in [0.2, 0.25) is 0 Å². The molecule has 1 aromatic heterocycles. The summed E-state index contributed by atoms with van der Waals surface area (Å²) in [5.41, 5.74) is 1.10.